The van der Waals surface area contributed by atoms with Gasteiger partial charge < -0.3 is 5.11 Å². The molecule has 14 heavy (non-hydrogen) atoms. The van der Waals surface area contributed by atoms with E-state index in [0.29, 0.717) is 5.56 Å². The summed E-state index contributed by atoms with van der Waals surface area (Å²) in [6.45, 7) is 0. The van der Waals surface area contributed by atoms with Gasteiger partial charge in [-0.15, -0.1) is 4.91 Å². The van der Waals surface area contributed by atoms with Crippen molar-refractivity contribution >= 4 is 5.70 Å². The summed E-state index contributed by atoms with van der Waals surface area (Å²) >= 11 is 0. The maximum atomic E-state index is 9.69. The summed E-state index contributed by atoms with van der Waals surface area (Å²) in [6, 6.07) is 8.34. The second-order valence-corrected chi connectivity index (χ2v) is 2.32. The average molecular weight is 196 g/mol. The van der Waals surface area contributed by atoms with E-state index >= 15 is 0 Å². The quantitative estimate of drug-likeness (QED) is 0.386. The van der Waals surface area contributed by atoms with E-state index in [1.165, 1.54) is 0 Å². The first-order valence-electron chi connectivity index (χ1n) is 3.68. The van der Waals surface area contributed by atoms with Crippen molar-refractivity contribution in [3.8, 4) is 0 Å². The highest BCUT2D eigenvalue weighted by molar-refractivity contribution is 5.63. The van der Waals surface area contributed by atoms with E-state index in [2.05, 4.69) is 4.84 Å². The monoisotopic (exact) mass is 196 g/mol. The predicted molar refractivity (Wildman–Crippen MR) is 47.8 cm³/mol. The summed E-state index contributed by atoms with van der Waals surface area (Å²) in [5.74, 6) is -0.797. The first kappa shape index (κ1) is 10.0. The molecule has 0 spiro atoms. The Morgan fingerprint density at radius 2 is 2.00 bits per heavy atom. The smallest absolute Gasteiger partial charge is 0.337 e. The van der Waals surface area contributed by atoms with Crippen LogP contribution < -0.4 is 5.48 Å². The van der Waals surface area contributed by atoms with Crippen LogP contribution in [-0.4, -0.2) is 10.3 Å². The molecule has 1 aromatic rings. The van der Waals surface area contributed by atoms with Crippen molar-refractivity contribution in [1.82, 2.24) is 5.48 Å². The first-order valence-corrected chi connectivity index (χ1v) is 3.68. The highest BCUT2D eigenvalue weighted by atomic mass is 16.8. The SMILES string of the molecule is O=NO/C(O)=C(/NO)c1ccccc1. The summed E-state index contributed by atoms with van der Waals surface area (Å²) in [4.78, 5) is 13.6. The van der Waals surface area contributed by atoms with Crippen LogP contribution >= 0.6 is 0 Å². The van der Waals surface area contributed by atoms with E-state index in [4.69, 9.17) is 10.3 Å². The lowest BCUT2D eigenvalue weighted by atomic mass is 10.2. The molecule has 74 valence electrons. The molecule has 6 heteroatoms. The van der Waals surface area contributed by atoms with Crippen molar-refractivity contribution in [2.75, 3.05) is 0 Å². The molecule has 0 aliphatic rings. The minimum atomic E-state index is -0.797. The van der Waals surface area contributed by atoms with Gasteiger partial charge in [0.15, 0.2) is 11.0 Å². The van der Waals surface area contributed by atoms with Crippen LogP contribution in [0.15, 0.2) is 41.6 Å². The molecule has 0 fully saturated rings. The number of rotatable bonds is 4. The number of aliphatic hydroxyl groups is 1. The number of hydrogen-bond acceptors (Lipinski definition) is 6. The van der Waals surface area contributed by atoms with E-state index in [1.807, 2.05) is 5.34 Å². The molecule has 6 nitrogen and oxygen atoms in total. The number of hydroxylamine groups is 1. The Labute approximate surface area is 79.3 Å². The molecule has 1 aromatic carbocycles. The minimum absolute atomic E-state index is 0.134. The largest absolute Gasteiger partial charge is 0.478 e. The van der Waals surface area contributed by atoms with Crippen molar-refractivity contribution in [2.24, 2.45) is 5.34 Å². The zero-order valence-electron chi connectivity index (χ0n) is 7.04. The van der Waals surface area contributed by atoms with E-state index in [1.54, 1.807) is 35.8 Å². The van der Waals surface area contributed by atoms with E-state index in [9.17, 15) is 4.91 Å². The van der Waals surface area contributed by atoms with Gasteiger partial charge in [0.25, 0.3) is 0 Å². The van der Waals surface area contributed by atoms with Crippen LogP contribution in [-0.2, 0) is 4.84 Å². The summed E-state index contributed by atoms with van der Waals surface area (Å²) in [6.07, 6.45) is 0. The average Bonchev–Trinajstić information content (AvgIpc) is 2.21. The van der Waals surface area contributed by atoms with Crippen LogP contribution in [0.5, 0.6) is 0 Å². The van der Waals surface area contributed by atoms with Gasteiger partial charge >= 0.3 is 5.95 Å². The summed E-state index contributed by atoms with van der Waals surface area (Å²) < 4.78 is 0. The highest BCUT2D eigenvalue weighted by Crippen LogP contribution is 2.14. The minimum Gasteiger partial charge on any atom is -0.478 e. The molecule has 0 amide bonds. The Bertz CT molecular complexity index is 336. The van der Waals surface area contributed by atoms with Crippen molar-refractivity contribution in [1.29, 1.82) is 0 Å². The van der Waals surface area contributed by atoms with Gasteiger partial charge in [0.2, 0.25) is 0 Å². The zero-order chi connectivity index (χ0) is 10.4. The molecule has 0 radical (unpaired) electrons. The third kappa shape index (κ3) is 2.20. The zero-order valence-corrected chi connectivity index (χ0v) is 7.04. The maximum absolute atomic E-state index is 9.69. The number of benzene rings is 1. The van der Waals surface area contributed by atoms with Crippen molar-refractivity contribution in [3.63, 3.8) is 0 Å². The Morgan fingerprint density at radius 1 is 1.36 bits per heavy atom. The lowest BCUT2D eigenvalue weighted by Gasteiger charge is -2.05. The molecule has 0 heterocycles. The number of aliphatic hydroxyl groups excluding tert-OH is 1. The molecule has 0 bridgehead atoms. The summed E-state index contributed by atoms with van der Waals surface area (Å²) in [7, 11) is 0. The number of hydrogen-bond donors (Lipinski definition) is 3. The van der Waals surface area contributed by atoms with E-state index < -0.39 is 5.95 Å². The fraction of sp³-hybridized carbons (Fsp3) is 0. The van der Waals surface area contributed by atoms with Gasteiger partial charge in [0.1, 0.15) is 0 Å². The summed E-state index contributed by atoms with van der Waals surface area (Å²) in [5.41, 5.74) is 2.03. The summed E-state index contributed by atoms with van der Waals surface area (Å²) in [5, 5.41) is 19.8. The van der Waals surface area contributed by atoms with Gasteiger partial charge in [-0.1, -0.05) is 30.3 Å². The Kier molecular flexibility index (Phi) is 3.45. The molecule has 0 unspecified atom stereocenters. The molecule has 0 saturated heterocycles. The van der Waals surface area contributed by atoms with Gasteiger partial charge in [-0.2, -0.15) is 0 Å². The van der Waals surface area contributed by atoms with Crippen LogP contribution in [0.1, 0.15) is 5.56 Å². The molecule has 0 aromatic heterocycles. The second-order valence-electron chi connectivity index (χ2n) is 2.32. The normalized spacial score (nSPS) is 11.5. The first-order chi connectivity index (χ1) is 6.79. The van der Waals surface area contributed by atoms with Crippen LogP contribution in [0.3, 0.4) is 0 Å². The highest BCUT2D eigenvalue weighted by Gasteiger charge is 2.09. The van der Waals surface area contributed by atoms with Gasteiger partial charge in [0, 0.05) is 5.56 Å². The number of nitrogens with one attached hydrogen (secondary N) is 1. The van der Waals surface area contributed by atoms with Gasteiger partial charge in [-0.3, -0.25) is 15.5 Å². The molecular formula is C8H8N2O4. The number of nitrogens with zero attached hydrogens (tertiary/aromatic N) is 1. The second kappa shape index (κ2) is 4.83. The maximum Gasteiger partial charge on any atom is 0.337 e. The molecular weight excluding hydrogens is 188 g/mol. The van der Waals surface area contributed by atoms with Crippen LogP contribution in [0.2, 0.25) is 0 Å². The molecule has 3 N–H and O–H groups in total. The molecule has 0 atom stereocenters. The lowest BCUT2D eigenvalue weighted by Crippen LogP contribution is -2.09. The van der Waals surface area contributed by atoms with Gasteiger partial charge in [-0.05, 0) is 0 Å². The van der Waals surface area contributed by atoms with Crippen molar-refractivity contribution in [3.05, 3.63) is 46.7 Å². The third-order valence-corrected chi connectivity index (χ3v) is 1.51. The Hall–Kier alpha value is -2.08. The lowest BCUT2D eigenvalue weighted by molar-refractivity contribution is 0.0908. The molecule has 1 rings (SSSR count). The molecule has 0 saturated carbocycles. The van der Waals surface area contributed by atoms with Gasteiger partial charge in [0.05, 0.1) is 0 Å². The Balaban J connectivity index is 3.03. The Morgan fingerprint density at radius 3 is 2.50 bits per heavy atom. The van der Waals surface area contributed by atoms with Crippen LogP contribution in [0.4, 0.5) is 0 Å². The predicted octanol–water partition coefficient (Wildman–Crippen LogP) is 1.55. The third-order valence-electron chi connectivity index (χ3n) is 1.51. The standard InChI is InChI=1S/C8H8N2O4/c11-8(14-10-13)7(9-12)6-4-2-1-3-5-6/h1-5,9,11-12H/b8-7+. The molecule has 0 aliphatic carbocycles. The van der Waals surface area contributed by atoms with Gasteiger partial charge in [-0.25, -0.2) is 0 Å². The van der Waals surface area contributed by atoms with Crippen LogP contribution in [0.25, 0.3) is 5.70 Å². The fourth-order valence-electron chi connectivity index (χ4n) is 0.922. The van der Waals surface area contributed by atoms with E-state index in [-0.39, 0.29) is 5.70 Å². The van der Waals surface area contributed by atoms with Crippen molar-refractivity contribution < 1.29 is 15.2 Å². The van der Waals surface area contributed by atoms with Crippen LogP contribution in [0, 0.1) is 4.91 Å². The fourth-order valence-corrected chi connectivity index (χ4v) is 0.922. The topological polar surface area (TPSA) is 91.2 Å². The van der Waals surface area contributed by atoms with Crippen molar-refractivity contribution in [2.45, 2.75) is 0 Å². The molecule has 0 aliphatic heterocycles. The van der Waals surface area contributed by atoms with E-state index in [0.717, 1.165) is 0 Å².